The lowest BCUT2D eigenvalue weighted by molar-refractivity contribution is -0.671. The van der Waals surface area contributed by atoms with Gasteiger partial charge in [-0.25, -0.2) is 0 Å². The van der Waals surface area contributed by atoms with Crippen molar-refractivity contribution in [3.8, 4) is 0 Å². The number of rotatable bonds is 8. The second-order valence-electron chi connectivity index (χ2n) is 11.9. The third-order valence-corrected chi connectivity index (χ3v) is 10.1. The van der Waals surface area contributed by atoms with Gasteiger partial charge in [-0.3, -0.25) is 0 Å². The van der Waals surface area contributed by atoms with Crippen LogP contribution in [0.5, 0.6) is 0 Å². The SMILES string of the molecule is CCCCCN1C(=CC2=CC(Cc3sc4cc(C)ccc4[n+]3CC)CC(C)(C)C2)Sc2cc(C)ccc21. The van der Waals surface area contributed by atoms with E-state index in [0.717, 1.165) is 25.9 Å². The number of benzene rings is 2. The van der Waals surface area contributed by atoms with Gasteiger partial charge in [-0.05, 0) is 92.3 Å². The molecule has 37 heavy (non-hydrogen) atoms. The molecule has 0 radical (unpaired) electrons. The summed E-state index contributed by atoms with van der Waals surface area (Å²) in [5.74, 6) is 0.576. The molecule has 2 aliphatic rings. The van der Waals surface area contributed by atoms with Crippen molar-refractivity contribution in [1.29, 1.82) is 0 Å². The van der Waals surface area contributed by atoms with Gasteiger partial charge in [-0.1, -0.05) is 74.9 Å². The summed E-state index contributed by atoms with van der Waals surface area (Å²) in [4.78, 5) is 4.01. The van der Waals surface area contributed by atoms with Crippen molar-refractivity contribution in [2.75, 3.05) is 11.4 Å². The van der Waals surface area contributed by atoms with Crippen molar-refractivity contribution in [3.05, 3.63) is 75.3 Å². The highest BCUT2D eigenvalue weighted by atomic mass is 32.2. The van der Waals surface area contributed by atoms with E-state index in [0.29, 0.717) is 11.3 Å². The third-order valence-electron chi connectivity index (χ3n) is 7.82. The van der Waals surface area contributed by atoms with Gasteiger partial charge in [0.1, 0.15) is 11.2 Å². The van der Waals surface area contributed by atoms with Crippen LogP contribution in [-0.2, 0) is 13.0 Å². The molecule has 5 rings (SSSR count). The number of aryl methyl sites for hydroxylation is 3. The van der Waals surface area contributed by atoms with Crippen LogP contribution in [0, 0.1) is 25.2 Å². The van der Waals surface area contributed by atoms with E-state index in [4.69, 9.17) is 0 Å². The summed E-state index contributed by atoms with van der Waals surface area (Å²) >= 11 is 3.97. The zero-order chi connectivity index (χ0) is 26.2. The maximum absolute atomic E-state index is 2.62. The van der Waals surface area contributed by atoms with Crippen molar-refractivity contribution in [1.82, 2.24) is 0 Å². The number of hydrogen-bond donors (Lipinski definition) is 0. The molecule has 1 unspecified atom stereocenters. The van der Waals surface area contributed by atoms with Gasteiger partial charge < -0.3 is 4.90 Å². The van der Waals surface area contributed by atoms with E-state index < -0.39 is 0 Å². The van der Waals surface area contributed by atoms with Gasteiger partial charge in [0, 0.05) is 23.9 Å². The Morgan fingerprint density at radius 3 is 2.62 bits per heavy atom. The Balaban J connectivity index is 1.45. The summed E-state index contributed by atoms with van der Waals surface area (Å²) in [5.41, 5.74) is 7.33. The molecule has 0 fully saturated rings. The van der Waals surface area contributed by atoms with Crippen molar-refractivity contribution >= 4 is 39.0 Å². The summed E-state index contributed by atoms with van der Waals surface area (Å²) in [6.45, 7) is 16.1. The molecule has 1 aliphatic heterocycles. The number of allylic oxidation sites excluding steroid dienone is 3. The Kier molecular flexibility index (Phi) is 7.88. The van der Waals surface area contributed by atoms with Crippen molar-refractivity contribution in [2.45, 2.75) is 91.5 Å². The zero-order valence-electron chi connectivity index (χ0n) is 23.6. The monoisotopic (exact) mass is 531 g/mol. The molecule has 1 atom stereocenters. The maximum atomic E-state index is 2.62. The summed E-state index contributed by atoms with van der Waals surface area (Å²) in [6, 6.07) is 13.9. The number of thiazole rings is 1. The molecule has 1 aromatic heterocycles. The van der Waals surface area contributed by atoms with Gasteiger partial charge in [-0.15, -0.1) is 0 Å². The Bertz CT molecular complexity index is 1340. The van der Waals surface area contributed by atoms with E-state index in [1.807, 2.05) is 23.1 Å². The molecule has 1 aliphatic carbocycles. The van der Waals surface area contributed by atoms with Gasteiger partial charge in [0.25, 0.3) is 0 Å². The van der Waals surface area contributed by atoms with E-state index >= 15 is 0 Å². The van der Waals surface area contributed by atoms with Gasteiger partial charge >= 0.3 is 0 Å². The fraction of sp³-hybridized carbons (Fsp3) is 0.485. The Hall–Kier alpha value is -2.04. The topological polar surface area (TPSA) is 7.12 Å². The first-order valence-electron chi connectivity index (χ1n) is 14.2. The molecule has 196 valence electrons. The second-order valence-corrected chi connectivity index (χ2v) is 14.1. The van der Waals surface area contributed by atoms with E-state index in [9.17, 15) is 0 Å². The summed E-state index contributed by atoms with van der Waals surface area (Å²) in [5, 5.41) is 2.94. The third kappa shape index (κ3) is 5.86. The smallest absolute Gasteiger partial charge is 0.238 e. The summed E-state index contributed by atoms with van der Waals surface area (Å²) < 4.78 is 3.98. The van der Waals surface area contributed by atoms with Gasteiger partial charge in [-0.2, -0.15) is 4.57 Å². The lowest BCUT2D eigenvalue weighted by atomic mass is 9.72. The van der Waals surface area contributed by atoms with E-state index in [1.165, 1.54) is 73.2 Å². The molecule has 0 saturated carbocycles. The summed E-state index contributed by atoms with van der Waals surface area (Å²) in [7, 11) is 0. The Morgan fingerprint density at radius 2 is 1.84 bits per heavy atom. The normalized spacial score (nSPS) is 20.1. The van der Waals surface area contributed by atoms with Crippen molar-refractivity contribution in [2.24, 2.45) is 11.3 Å². The van der Waals surface area contributed by atoms with E-state index in [2.05, 4.69) is 99.6 Å². The minimum absolute atomic E-state index is 0.315. The van der Waals surface area contributed by atoms with Gasteiger partial charge in [0.15, 0.2) is 0 Å². The predicted molar refractivity (Wildman–Crippen MR) is 163 cm³/mol. The van der Waals surface area contributed by atoms with Crippen LogP contribution in [0.4, 0.5) is 5.69 Å². The molecular weight excluding hydrogens is 489 g/mol. The maximum Gasteiger partial charge on any atom is 0.238 e. The molecule has 0 bridgehead atoms. The average Bonchev–Trinajstić information content (AvgIpc) is 3.33. The first-order valence-corrected chi connectivity index (χ1v) is 15.8. The van der Waals surface area contributed by atoms with Gasteiger partial charge in [0.2, 0.25) is 10.5 Å². The van der Waals surface area contributed by atoms with Crippen LogP contribution >= 0.6 is 23.1 Å². The van der Waals surface area contributed by atoms with Crippen LogP contribution in [0.15, 0.2) is 64.0 Å². The quantitative estimate of drug-likeness (QED) is 0.211. The van der Waals surface area contributed by atoms with E-state index in [-0.39, 0.29) is 0 Å². The molecule has 4 heteroatoms. The lowest BCUT2D eigenvalue weighted by Gasteiger charge is -2.34. The number of hydrogen-bond acceptors (Lipinski definition) is 3. The first-order chi connectivity index (χ1) is 17.8. The number of anilines is 1. The molecule has 0 N–H and O–H groups in total. The van der Waals surface area contributed by atoms with Crippen LogP contribution in [0.2, 0.25) is 0 Å². The molecule has 0 amide bonds. The van der Waals surface area contributed by atoms with Crippen molar-refractivity contribution in [3.63, 3.8) is 0 Å². The number of nitrogens with zero attached hydrogens (tertiary/aromatic N) is 2. The van der Waals surface area contributed by atoms with Crippen LogP contribution in [0.25, 0.3) is 10.2 Å². The largest absolute Gasteiger partial charge is 0.335 e. The first kappa shape index (κ1) is 26.6. The fourth-order valence-corrected chi connectivity index (χ4v) is 8.86. The van der Waals surface area contributed by atoms with Crippen LogP contribution in [0.1, 0.15) is 75.9 Å². The minimum atomic E-state index is 0.315. The standard InChI is InChI=1S/C33H43N2S2/c1-7-9-10-15-35-28-14-12-24(4)17-30(28)37-32(35)20-26-18-25(21-33(5,6)22-26)19-31-34(8-2)27-13-11-23(3)16-29(27)36-31/h11-14,16-18,20,25H,7-10,15,19,21-22H2,1-6H3/q+1. The number of aromatic nitrogens is 1. The molecule has 3 aromatic rings. The highest BCUT2D eigenvalue weighted by Crippen LogP contribution is 2.48. The Labute approximate surface area is 232 Å². The molecular formula is C33H43N2S2+. The fourth-order valence-electron chi connectivity index (χ4n) is 6.18. The zero-order valence-corrected chi connectivity index (χ0v) is 25.2. The molecule has 2 aromatic carbocycles. The van der Waals surface area contributed by atoms with Crippen LogP contribution in [0.3, 0.4) is 0 Å². The number of thioether (sulfide) groups is 1. The molecule has 2 heterocycles. The van der Waals surface area contributed by atoms with Crippen LogP contribution < -0.4 is 9.47 Å². The number of unbranched alkanes of at least 4 members (excludes halogenated alkanes) is 2. The molecule has 0 saturated heterocycles. The predicted octanol–water partition coefficient (Wildman–Crippen LogP) is 9.37. The highest BCUT2D eigenvalue weighted by Gasteiger charge is 2.32. The molecule has 2 nitrogen and oxygen atoms in total. The van der Waals surface area contributed by atoms with E-state index in [1.54, 1.807) is 0 Å². The molecule has 0 spiro atoms. The average molecular weight is 532 g/mol. The summed E-state index contributed by atoms with van der Waals surface area (Å²) in [6.07, 6.45) is 12.5. The lowest BCUT2D eigenvalue weighted by Crippen LogP contribution is -2.36. The highest BCUT2D eigenvalue weighted by molar-refractivity contribution is 8.03. The van der Waals surface area contributed by atoms with Crippen molar-refractivity contribution < 1.29 is 4.57 Å². The van der Waals surface area contributed by atoms with Gasteiger partial charge in [0.05, 0.1) is 10.7 Å². The number of fused-ring (bicyclic) bond motifs is 2. The minimum Gasteiger partial charge on any atom is -0.335 e. The second kappa shape index (κ2) is 11.0. The Morgan fingerprint density at radius 1 is 1.05 bits per heavy atom. The van der Waals surface area contributed by atoms with Crippen LogP contribution in [-0.4, -0.2) is 6.54 Å².